The highest BCUT2D eigenvalue weighted by Crippen LogP contribution is 2.16. The van der Waals surface area contributed by atoms with Gasteiger partial charge >= 0.3 is 0 Å². The van der Waals surface area contributed by atoms with Crippen molar-refractivity contribution < 1.29 is 0 Å². The first-order chi connectivity index (χ1) is 7.77. The molecule has 1 atom stereocenters. The summed E-state index contributed by atoms with van der Waals surface area (Å²) in [5, 5.41) is 3.54. The van der Waals surface area contributed by atoms with Crippen molar-refractivity contribution in [2.75, 3.05) is 6.54 Å². The summed E-state index contributed by atoms with van der Waals surface area (Å²) in [6, 6.07) is 9.08. The van der Waals surface area contributed by atoms with Gasteiger partial charge in [0, 0.05) is 12.5 Å². The van der Waals surface area contributed by atoms with Crippen molar-refractivity contribution in [3.8, 4) is 11.8 Å². The van der Waals surface area contributed by atoms with E-state index in [-0.39, 0.29) is 0 Å². The van der Waals surface area contributed by atoms with Crippen LogP contribution in [0.25, 0.3) is 0 Å². The molecule has 0 heterocycles. The van der Waals surface area contributed by atoms with Crippen LogP contribution in [0.5, 0.6) is 0 Å². The predicted octanol–water partition coefficient (Wildman–Crippen LogP) is 3.45. The average Bonchev–Trinajstić information content (AvgIpc) is 2.31. The predicted molar refractivity (Wildman–Crippen MR) is 70.3 cm³/mol. The molecule has 0 aliphatic carbocycles. The quantitative estimate of drug-likeness (QED) is 0.742. The maximum absolute atomic E-state index is 3.54. The molecular weight excluding hydrogens is 194 g/mol. The van der Waals surface area contributed by atoms with Crippen molar-refractivity contribution in [2.24, 2.45) is 0 Å². The summed E-state index contributed by atoms with van der Waals surface area (Å²) in [5.41, 5.74) is 2.64. The first-order valence-corrected chi connectivity index (χ1v) is 5.97. The Bertz CT molecular complexity index is 353. The van der Waals surface area contributed by atoms with Gasteiger partial charge in [-0.3, -0.25) is 0 Å². The third kappa shape index (κ3) is 4.08. The maximum atomic E-state index is 3.54. The molecule has 0 spiro atoms. The molecule has 0 aromatic heterocycles. The van der Waals surface area contributed by atoms with Gasteiger partial charge in [0.15, 0.2) is 0 Å². The van der Waals surface area contributed by atoms with Crippen LogP contribution in [0.1, 0.15) is 43.9 Å². The monoisotopic (exact) mass is 215 g/mol. The maximum Gasteiger partial charge on any atom is 0.0430 e. The molecule has 1 N–H and O–H groups in total. The summed E-state index contributed by atoms with van der Waals surface area (Å²) >= 11 is 0. The van der Waals surface area contributed by atoms with Crippen molar-refractivity contribution in [3.63, 3.8) is 0 Å². The van der Waals surface area contributed by atoms with E-state index < -0.39 is 0 Å². The fraction of sp³-hybridized carbons (Fsp3) is 0.467. The molecule has 0 aliphatic heterocycles. The Morgan fingerprint density at radius 3 is 2.50 bits per heavy atom. The standard InChI is InChI=1S/C15H21N/c1-4-6-7-15(16-12-5-2)14-10-8-13(3)9-11-14/h8-11,15-16H,5,7,12H2,1-3H3. The van der Waals surface area contributed by atoms with E-state index in [4.69, 9.17) is 0 Å². The minimum atomic E-state index is 0.369. The van der Waals surface area contributed by atoms with Crippen LogP contribution in [0.4, 0.5) is 0 Å². The van der Waals surface area contributed by atoms with Crippen molar-refractivity contribution in [3.05, 3.63) is 35.4 Å². The zero-order valence-electron chi connectivity index (χ0n) is 10.5. The molecule has 0 bridgehead atoms. The Labute approximate surface area is 99.3 Å². The molecule has 1 aromatic carbocycles. The Kier molecular flexibility index (Phi) is 5.67. The SMILES string of the molecule is CC#CCC(NCCC)c1ccc(C)cc1. The second kappa shape index (κ2) is 7.09. The van der Waals surface area contributed by atoms with Gasteiger partial charge in [-0.2, -0.15) is 0 Å². The van der Waals surface area contributed by atoms with Gasteiger partial charge in [-0.15, -0.1) is 11.8 Å². The number of benzene rings is 1. The molecule has 0 saturated carbocycles. The average molecular weight is 215 g/mol. The van der Waals surface area contributed by atoms with Gasteiger partial charge in [0.05, 0.1) is 0 Å². The van der Waals surface area contributed by atoms with Gasteiger partial charge in [-0.25, -0.2) is 0 Å². The van der Waals surface area contributed by atoms with Crippen molar-refractivity contribution in [1.29, 1.82) is 0 Å². The van der Waals surface area contributed by atoms with Crippen LogP contribution in [0.15, 0.2) is 24.3 Å². The van der Waals surface area contributed by atoms with Crippen molar-refractivity contribution in [2.45, 2.75) is 39.7 Å². The molecule has 1 rings (SSSR count). The van der Waals surface area contributed by atoms with Crippen LogP contribution in [-0.4, -0.2) is 6.54 Å². The Morgan fingerprint density at radius 1 is 1.25 bits per heavy atom. The molecule has 0 amide bonds. The lowest BCUT2D eigenvalue weighted by Crippen LogP contribution is -2.21. The molecule has 86 valence electrons. The van der Waals surface area contributed by atoms with Crippen LogP contribution in [0.2, 0.25) is 0 Å². The van der Waals surface area contributed by atoms with Crippen LogP contribution < -0.4 is 5.32 Å². The summed E-state index contributed by atoms with van der Waals surface area (Å²) in [6.07, 6.45) is 2.04. The zero-order chi connectivity index (χ0) is 11.8. The fourth-order valence-corrected chi connectivity index (χ4v) is 1.63. The van der Waals surface area contributed by atoms with Crippen LogP contribution >= 0.6 is 0 Å². The highest BCUT2D eigenvalue weighted by atomic mass is 14.9. The summed E-state index contributed by atoms with van der Waals surface area (Å²) < 4.78 is 0. The lowest BCUT2D eigenvalue weighted by molar-refractivity contribution is 0.542. The fourth-order valence-electron chi connectivity index (χ4n) is 1.63. The van der Waals surface area contributed by atoms with Gasteiger partial charge in [0.1, 0.15) is 0 Å². The van der Waals surface area contributed by atoms with E-state index in [2.05, 4.69) is 55.3 Å². The lowest BCUT2D eigenvalue weighted by Gasteiger charge is -2.16. The molecule has 0 radical (unpaired) electrons. The van der Waals surface area contributed by atoms with Crippen LogP contribution in [0.3, 0.4) is 0 Å². The van der Waals surface area contributed by atoms with E-state index in [1.807, 2.05) is 6.92 Å². The van der Waals surface area contributed by atoms with Crippen LogP contribution in [0, 0.1) is 18.8 Å². The van der Waals surface area contributed by atoms with E-state index in [1.165, 1.54) is 11.1 Å². The number of hydrogen-bond acceptors (Lipinski definition) is 1. The van der Waals surface area contributed by atoms with Gasteiger partial charge in [-0.1, -0.05) is 36.8 Å². The molecule has 1 unspecified atom stereocenters. The summed E-state index contributed by atoms with van der Waals surface area (Å²) in [7, 11) is 0. The topological polar surface area (TPSA) is 12.0 Å². The van der Waals surface area contributed by atoms with Gasteiger partial charge in [-0.05, 0) is 32.4 Å². The third-order valence-electron chi connectivity index (χ3n) is 2.60. The molecule has 1 nitrogen and oxygen atoms in total. The molecule has 0 aliphatic rings. The number of hydrogen-bond donors (Lipinski definition) is 1. The van der Waals surface area contributed by atoms with Gasteiger partial charge < -0.3 is 5.32 Å². The summed E-state index contributed by atoms with van der Waals surface area (Å²) in [5.74, 6) is 6.12. The lowest BCUT2D eigenvalue weighted by atomic mass is 10.0. The molecule has 1 heteroatoms. The highest BCUT2D eigenvalue weighted by molar-refractivity contribution is 5.25. The first-order valence-electron chi connectivity index (χ1n) is 5.97. The second-order valence-electron chi connectivity index (χ2n) is 4.05. The number of aryl methyl sites for hydroxylation is 1. The highest BCUT2D eigenvalue weighted by Gasteiger charge is 2.08. The van der Waals surface area contributed by atoms with E-state index in [9.17, 15) is 0 Å². The second-order valence-corrected chi connectivity index (χ2v) is 4.05. The van der Waals surface area contributed by atoms with Gasteiger partial charge in [0.25, 0.3) is 0 Å². The van der Waals surface area contributed by atoms with E-state index in [1.54, 1.807) is 0 Å². The normalized spacial score (nSPS) is 11.7. The summed E-state index contributed by atoms with van der Waals surface area (Å²) in [6.45, 7) is 7.24. The zero-order valence-corrected chi connectivity index (χ0v) is 10.5. The molecule has 1 aromatic rings. The Morgan fingerprint density at radius 2 is 1.94 bits per heavy atom. The summed E-state index contributed by atoms with van der Waals surface area (Å²) in [4.78, 5) is 0. The van der Waals surface area contributed by atoms with Crippen LogP contribution in [-0.2, 0) is 0 Å². The molecule has 16 heavy (non-hydrogen) atoms. The van der Waals surface area contributed by atoms with E-state index in [0.717, 1.165) is 19.4 Å². The van der Waals surface area contributed by atoms with E-state index >= 15 is 0 Å². The number of nitrogens with one attached hydrogen (secondary N) is 1. The smallest absolute Gasteiger partial charge is 0.0430 e. The largest absolute Gasteiger partial charge is 0.309 e. The molecule has 0 saturated heterocycles. The van der Waals surface area contributed by atoms with Crippen molar-refractivity contribution in [1.82, 2.24) is 5.32 Å². The number of rotatable bonds is 5. The minimum Gasteiger partial charge on any atom is -0.309 e. The molecule has 0 fully saturated rings. The molecular formula is C15H21N. The Balaban J connectivity index is 2.72. The minimum absolute atomic E-state index is 0.369. The van der Waals surface area contributed by atoms with Gasteiger partial charge in [0.2, 0.25) is 0 Å². The first kappa shape index (κ1) is 12.8. The third-order valence-corrected chi connectivity index (χ3v) is 2.60. The van der Waals surface area contributed by atoms with E-state index in [0.29, 0.717) is 6.04 Å². The van der Waals surface area contributed by atoms with Crippen molar-refractivity contribution >= 4 is 0 Å². The Hall–Kier alpha value is -1.26.